The summed E-state index contributed by atoms with van der Waals surface area (Å²) in [7, 11) is -0.296. The maximum absolute atomic E-state index is 12.3. The topological polar surface area (TPSA) is 72.5 Å². The van der Waals surface area contributed by atoms with Crippen LogP contribution in [0.25, 0.3) is 10.8 Å². The fourth-order valence-electron chi connectivity index (χ4n) is 5.62. The first kappa shape index (κ1) is 35.4. The molecule has 7 nitrogen and oxygen atoms in total. The zero-order valence-electron chi connectivity index (χ0n) is 27.9. The van der Waals surface area contributed by atoms with Crippen molar-refractivity contribution in [2.45, 2.75) is 121 Å². The monoisotopic (exact) mass is 614 g/mol. The van der Waals surface area contributed by atoms with Crippen molar-refractivity contribution < 1.29 is 32.9 Å². The van der Waals surface area contributed by atoms with Crippen LogP contribution in [-0.4, -0.2) is 64.3 Å². The van der Waals surface area contributed by atoms with Gasteiger partial charge in [0.2, 0.25) is 0 Å². The molecular weight excluding hydrogens is 560 g/mol. The summed E-state index contributed by atoms with van der Waals surface area (Å²) in [6, 6.07) is 14.7. The fourth-order valence-corrected chi connectivity index (χ4v) is 6.71. The van der Waals surface area contributed by atoms with Crippen molar-refractivity contribution >= 4 is 25.1 Å². The Bertz CT molecular complexity index is 1210. The van der Waals surface area contributed by atoms with Gasteiger partial charge in [-0.1, -0.05) is 63.2 Å². The zero-order valence-corrected chi connectivity index (χ0v) is 28.9. The molecule has 0 saturated carbocycles. The molecule has 1 aliphatic rings. The van der Waals surface area contributed by atoms with Gasteiger partial charge in [0, 0.05) is 27.1 Å². The predicted octanol–water partition coefficient (Wildman–Crippen LogP) is 7.96. The maximum Gasteiger partial charge on any atom is 0.303 e. The van der Waals surface area contributed by atoms with E-state index in [-0.39, 0.29) is 30.0 Å². The molecule has 0 radical (unpaired) electrons. The van der Waals surface area contributed by atoms with E-state index in [2.05, 4.69) is 70.8 Å². The van der Waals surface area contributed by atoms with Gasteiger partial charge in [0.15, 0.2) is 8.32 Å². The quantitative estimate of drug-likeness (QED) is 0.0662. The maximum atomic E-state index is 12.3. The van der Waals surface area contributed by atoms with E-state index < -0.39 is 25.6 Å². The summed E-state index contributed by atoms with van der Waals surface area (Å²) in [5.74, 6) is -0.349. The van der Waals surface area contributed by atoms with Crippen molar-refractivity contribution in [3.05, 3.63) is 60.7 Å². The Kier molecular flexibility index (Phi) is 12.2. The van der Waals surface area contributed by atoms with Gasteiger partial charge < -0.3 is 28.1 Å². The molecule has 240 valence electrons. The van der Waals surface area contributed by atoms with Gasteiger partial charge in [-0.2, -0.15) is 0 Å². The Balaban J connectivity index is 1.86. The molecule has 3 rings (SSSR count). The first-order chi connectivity index (χ1) is 20.1. The Morgan fingerprint density at radius 3 is 2.49 bits per heavy atom. The molecule has 0 aromatic heterocycles. The van der Waals surface area contributed by atoms with Crippen molar-refractivity contribution in [3.63, 3.8) is 0 Å². The van der Waals surface area contributed by atoms with Crippen LogP contribution in [-0.2, 0) is 39.5 Å². The number of methoxy groups -OCH3 is 1. The molecule has 0 spiro atoms. The van der Waals surface area contributed by atoms with Crippen LogP contribution >= 0.6 is 0 Å². The number of carbonyl (C=O) groups is 1. The van der Waals surface area contributed by atoms with Crippen LogP contribution in [0.2, 0.25) is 18.1 Å². The lowest BCUT2D eigenvalue weighted by molar-refractivity contribution is -0.305. The lowest BCUT2D eigenvalue weighted by Crippen LogP contribution is -2.66. The van der Waals surface area contributed by atoms with Crippen LogP contribution in [0.1, 0.15) is 72.8 Å². The number of fused-ring (bicyclic) bond motifs is 1. The number of carbonyl (C=O) groups excluding carboxylic acids is 1. The van der Waals surface area contributed by atoms with E-state index in [1.165, 1.54) is 17.7 Å². The van der Waals surface area contributed by atoms with Gasteiger partial charge in [0.1, 0.15) is 18.0 Å². The highest BCUT2D eigenvalue weighted by Crippen LogP contribution is 2.45. The first-order valence-corrected chi connectivity index (χ1v) is 18.4. The molecule has 0 bridgehead atoms. The predicted molar refractivity (Wildman–Crippen MR) is 175 cm³/mol. The van der Waals surface area contributed by atoms with Gasteiger partial charge in [0.05, 0.1) is 24.9 Å². The van der Waals surface area contributed by atoms with Gasteiger partial charge in [-0.25, -0.2) is 0 Å². The van der Waals surface area contributed by atoms with E-state index in [1.807, 2.05) is 32.1 Å². The second kappa shape index (κ2) is 14.8. The molecule has 0 aliphatic carbocycles. The number of esters is 1. The minimum Gasteiger partial charge on any atom is -0.457 e. The molecule has 0 N–H and O–H groups in total. The van der Waals surface area contributed by atoms with Crippen LogP contribution in [0.5, 0.6) is 0 Å². The normalized spacial score (nSPS) is 25.4. The fraction of sp³-hybridized carbons (Fsp3) is 0.629. The third-order valence-corrected chi connectivity index (χ3v) is 13.8. The summed E-state index contributed by atoms with van der Waals surface area (Å²) < 4.78 is 37.6. The molecule has 8 heteroatoms. The molecule has 43 heavy (non-hydrogen) atoms. The van der Waals surface area contributed by atoms with E-state index in [4.69, 9.17) is 28.1 Å². The summed E-state index contributed by atoms with van der Waals surface area (Å²) in [4.78, 5) is 12.3. The highest BCUT2D eigenvalue weighted by molar-refractivity contribution is 6.74. The number of hydrogen-bond donors (Lipinski definition) is 0. The molecule has 2 aromatic carbocycles. The molecule has 0 amide bonds. The van der Waals surface area contributed by atoms with E-state index in [9.17, 15) is 4.79 Å². The highest BCUT2D eigenvalue weighted by atomic mass is 28.4. The second-order valence-electron chi connectivity index (χ2n) is 13.7. The molecule has 0 unspecified atom stereocenters. The van der Waals surface area contributed by atoms with Gasteiger partial charge in [-0.15, -0.1) is 6.58 Å². The second-order valence-corrected chi connectivity index (χ2v) is 18.5. The minimum absolute atomic E-state index is 0.0796. The third kappa shape index (κ3) is 8.99. The van der Waals surface area contributed by atoms with E-state index in [1.54, 1.807) is 7.11 Å². The lowest BCUT2D eigenvalue weighted by atomic mass is 9.76. The van der Waals surface area contributed by atoms with Gasteiger partial charge in [-0.3, -0.25) is 4.79 Å². The molecule has 2 aromatic rings. The number of benzene rings is 2. The highest BCUT2D eigenvalue weighted by Gasteiger charge is 2.57. The largest absolute Gasteiger partial charge is 0.457 e. The van der Waals surface area contributed by atoms with E-state index in [0.29, 0.717) is 32.5 Å². The zero-order chi connectivity index (χ0) is 31.9. The Morgan fingerprint density at radius 1 is 1.16 bits per heavy atom. The Morgan fingerprint density at radius 2 is 1.86 bits per heavy atom. The van der Waals surface area contributed by atoms with E-state index in [0.717, 1.165) is 12.0 Å². The van der Waals surface area contributed by atoms with Gasteiger partial charge in [0.25, 0.3) is 0 Å². The van der Waals surface area contributed by atoms with Gasteiger partial charge in [-0.05, 0) is 73.6 Å². The molecule has 1 aliphatic heterocycles. The summed E-state index contributed by atoms with van der Waals surface area (Å²) in [6.07, 6.45) is 3.08. The molecule has 1 saturated heterocycles. The molecule has 1 fully saturated rings. The van der Waals surface area contributed by atoms with E-state index >= 15 is 0 Å². The average molecular weight is 615 g/mol. The standard InChI is InChI=1S/C35H54O7Si/c1-11-15-31(38-24-27-19-20-28-16-12-13-17-29(28)22-27)35(7)32(39-25-37-8)23-34(6,41-26(2)36)30(42-35)18-14-21-40-43(9,10)33(3,4)5/h11-13,16-17,19-20,22,30-32H,1,14-15,18,21,23-25H2,2-10H3/t30-,31+,32-,34+,35+/m1/s1. The average Bonchev–Trinajstić information content (AvgIpc) is 2.93. The van der Waals surface area contributed by atoms with Crippen LogP contribution in [0.3, 0.4) is 0 Å². The lowest BCUT2D eigenvalue weighted by Gasteiger charge is -2.54. The Labute approximate surface area is 260 Å². The number of rotatable bonds is 15. The van der Waals surface area contributed by atoms with Crippen molar-refractivity contribution in [1.82, 2.24) is 0 Å². The van der Waals surface area contributed by atoms with Crippen LogP contribution in [0.4, 0.5) is 0 Å². The molecule has 1 heterocycles. The summed E-state index contributed by atoms with van der Waals surface area (Å²) in [5, 5.41) is 2.49. The van der Waals surface area contributed by atoms with Crippen LogP contribution in [0.15, 0.2) is 55.1 Å². The first-order valence-electron chi connectivity index (χ1n) is 15.5. The summed E-state index contributed by atoms with van der Waals surface area (Å²) >= 11 is 0. The van der Waals surface area contributed by atoms with Crippen molar-refractivity contribution in [3.8, 4) is 0 Å². The minimum atomic E-state index is -1.89. The third-order valence-electron chi connectivity index (χ3n) is 9.24. The SMILES string of the molecule is C=CC[C@H](OCc1ccc2ccccc2c1)[C@]1(C)O[C@H](CCCO[Si](C)(C)C(C)(C)C)[C@@](C)(OC(C)=O)C[C@H]1OCOC. The van der Waals surface area contributed by atoms with Crippen LogP contribution < -0.4 is 0 Å². The molecular formula is C35H54O7Si. The van der Waals surface area contributed by atoms with Crippen molar-refractivity contribution in [1.29, 1.82) is 0 Å². The smallest absolute Gasteiger partial charge is 0.303 e. The number of ether oxygens (including phenoxy) is 5. The van der Waals surface area contributed by atoms with Crippen molar-refractivity contribution in [2.75, 3.05) is 20.5 Å². The summed E-state index contributed by atoms with van der Waals surface area (Å²) in [6.45, 7) is 21.8. The Hall–Kier alpha value is -2.07. The number of hydrogen-bond acceptors (Lipinski definition) is 7. The molecule has 5 atom stereocenters. The van der Waals surface area contributed by atoms with Crippen molar-refractivity contribution in [2.24, 2.45) is 0 Å². The van der Waals surface area contributed by atoms with Gasteiger partial charge >= 0.3 is 5.97 Å². The van der Waals surface area contributed by atoms with Crippen LogP contribution in [0, 0.1) is 0 Å². The summed E-state index contributed by atoms with van der Waals surface area (Å²) in [5.41, 5.74) is -0.683.